The van der Waals surface area contributed by atoms with Gasteiger partial charge in [-0.15, -0.1) is 0 Å². The Kier molecular flexibility index (Phi) is 32.8. The number of ketones is 2. The average molecular weight is 725 g/mol. The Labute approximate surface area is 312 Å². The fourth-order valence-corrected chi connectivity index (χ4v) is 7.48. The van der Waals surface area contributed by atoms with Crippen LogP contribution in [0.25, 0.3) is 0 Å². The Hall–Kier alpha value is -1.80. The Morgan fingerprint density at radius 2 is 0.765 bits per heavy atom. The number of carboxylic acid groups (broad SMARTS) is 2. The number of hydrogen-bond acceptors (Lipinski definition) is 6. The van der Waals surface area contributed by atoms with Crippen LogP contribution in [-0.2, 0) is 19.2 Å². The number of hydrogen-bond donors (Lipinski definition) is 4. The molecule has 0 saturated carbocycles. The van der Waals surface area contributed by atoms with Gasteiger partial charge < -0.3 is 20.4 Å². The standard InChI is InChI=1S/C43H80O8/c1-3-5-7-9-11-13-15-17-19-21-23-25-27-29-31-33-38(46)40(41(48)49)43(42(50)51,35-37(45)36-44)39(47)34-32-30-28-26-24-22-20-18-16-14-12-10-8-6-4-2/h37,40,44-45H,3-36H2,1-2H3,(H,48,49)(H,50,51). The summed E-state index contributed by atoms with van der Waals surface area (Å²) < 4.78 is 0. The highest BCUT2D eigenvalue weighted by molar-refractivity contribution is 6.14. The first kappa shape index (κ1) is 49.2. The maximum atomic E-state index is 13.6. The summed E-state index contributed by atoms with van der Waals surface area (Å²) in [5.74, 6) is -7.15. The average Bonchev–Trinajstić information content (AvgIpc) is 3.10. The predicted molar refractivity (Wildman–Crippen MR) is 208 cm³/mol. The third-order valence-electron chi connectivity index (χ3n) is 10.7. The number of Topliss-reactive ketones (excluding diaryl/α,β-unsaturated/α-hetero) is 2. The molecule has 0 fully saturated rings. The fourth-order valence-electron chi connectivity index (χ4n) is 7.48. The Bertz CT molecular complexity index is 874. The highest BCUT2D eigenvalue weighted by Crippen LogP contribution is 2.39. The van der Waals surface area contributed by atoms with Crippen LogP contribution >= 0.6 is 0 Å². The summed E-state index contributed by atoms with van der Waals surface area (Å²) in [6, 6.07) is 0. The summed E-state index contributed by atoms with van der Waals surface area (Å²) in [6.45, 7) is 3.64. The van der Waals surface area contributed by atoms with Gasteiger partial charge in [0.25, 0.3) is 0 Å². The first-order valence-electron chi connectivity index (χ1n) is 21.5. The van der Waals surface area contributed by atoms with Crippen LogP contribution in [0.15, 0.2) is 0 Å². The minimum atomic E-state index is -2.61. The first-order valence-corrected chi connectivity index (χ1v) is 21.5. The van der Waals surface area contributed by atoms with Gasteiger partial charge in [-0.2, -0.15) is 0 Å². The van der Waals surface area contributed by atoms with E-state index in [-0.39, 0.29) is 12.8 Å². The van der Waals surface area contributed by atoms with Gasteiger partial charge in [0.1, 0.15) is 17.1 Å². The van der Waals surface area contributed by atoms with Crippen molar-refractivity contribution in [1.29, 1.82) is 0 Å². The van der Waals surface area contributed by atoms with E-state index in [2.05, 4.69) is 13.8 Å². The molecular weight excluding hydrogens is 644 g/mol. The number of carboxylic acids is 2. The molecule has 0 spiro atoms. The van der Waals surface area contributed by atoms with E-state index < -0.39 is 54.0 Å². The summed E-state index contributed by atoms with van der Waals surface area (Å²) in [5, 5.41) is 40.2. The molecule has 0 bridgehead atoms. The highest BCUT2D eigenvalue weighted by Gasteiger charge is 2.58. The van der Waals surface area contributed by atoms with E-state index in [0.717, 1.165) is 44.9 Å². The SMILES string of the molecule is CCCCCCCCCCCCCCCCCC(=O)C(C(=O)O)C(CC(O)CO)(C(=O)O)C(=O)CCCCCCCCCCCCCCCCC. The molecule has 0 aromatic carbocycles. The summed E-state index contributed by atoms with van der Waals surface area (Å²) in [5.41, 5.74) is -2.61. The molecule has 0 aliphatic carbocycles. The quantitative estimate of drug-likeness (QED) is 0.0360. The molecule has 0 rings (SSSR count). The van der Waals surface area contributed by atoms with Crippen LogP contribution in [0, 0.1) is 11.3 Å². The number of aliphatic hydroxyl groups excluding tert-OH is 2. The number of rotatable bonds is 40. The molecule has 8 heteroatoms. The molecule has 4 N–H and O–H groups in total. The Balaban J connectivity index is 4.67. The van der Waals surface area contributed by atoms with Crippen LogP contribution in [-0.4, -0.2) is 56.6 Å². The lowest BCUT2D eigenvalue weighted by atomic mass is 9.65. The summed E-state index contributed by atoms with van der Waals surface area (Å²) in [4.78, 5) is 52.1. The lowest BCUT2D eigenvalue weighted by Crippen LogP contribution is -2.54. The molecular formula is C43H80O8. The van der Waals surface area contributed by atoms with Gasteiger partial charge in [-0.05, 0) is 19.3 Å². The molecule has 0 saturated heterocycles. The zero-order valence-electron chi connectivity index (χ0n) is 33.1. The maximum Gasteiger partial charge on any atom is 0.318 e. The molecule has 3 unspecified atom stereocenters. The monoisotopic (exact) mass is 725 g/mol. The normalized spacial score (nSPS) is 13.9. The molecule has 0 aromatic rings. The van der Waals surface area contributed by atoms with E-state index in [0.29, 0.717) is 19.3 Å². The number of carbonyl (C=O) groups is 4. The molecule has 0 aliphatic heterocycles. The van der Waals surface area contributed by atoms with Crippen LogP contribution in [0.5, 0.6) is 0 Å². The van der Waals surface area contributed by atoms with Gasteiger partial charge in [-0.1, -0.05) is 194 Å². The van der Waals surface area contributed by atoms with Gasteiger partial charge >= 0.3 is 11.9 Å². The minimum Gasteiger partial charge on any atom is -0.481 e. The van der Waals surface area contributed by atoms with Crippen molar-refractivity contribution in [2.45, 2.75) is 232 Å². The van der Waals surface area contributed by atoms with Gasteiger partial charge in [0.2, 0.25) is 0 Å². The van der Waals surface area contributed by atoms with E-state index in [4.69, 9.17) is 0 Å². The second kappa shape index (κ2) is 34.0. The van der Waals surface area contributed by atoms with Crippen LogP contribution in [0.1, 0.15) is 226 Å². The van der Waals surface area contributed by atoms with Crippen LogP contribution in [0.4, 0.5) is 0 Å². The van der Waals surface area contributed by atoms with Gasteiger partial charge in [-0.25, -0.2) is 0 Å². The van der Waals surface area contributed by atoms with E-state index in [1.807, 2.05) is 0 Å². The van der Waals surface area contributed by atoms with Crippen LogP contribution in [0.3, 0.4) is 0 Å². The third-order valence-corrected chi connectivity index (χ3v) is 10.7. The molecule has 0 amide bonds. The van der Waals surface area contributed by atoms with E-state index >= 15 is 0 Å². The largest absolute Gasteiger partial charge is 0.481 e. The van der Waals surface area contributed by atoms with Crippen LogP contribution in [0.2, 0.25) is 0 Å². The number of aliphatic hydroxyl groups is 2. The first-order chi connectivity index (χ1) is 24.7. The van der Waals surface area contributed by atoms with Crippen molar-refractivity contribution in [2.75, 3.05) is 6.61 Å². The lowest BCUT2D eigenvalue weighted by Gasteiger charge is -2.34. The second-order valence-corrected chi connectivity index (χ2v) is 15.4. The molecule has 300 valence electrons. The van der Waals surface area contributed by atoms with Gasteiger partial charge in [0.15, 0.2) is 5.78 Å². The molecule has 0 aliphatic rings. The van der Waals surface area contributed by atoms with Crippen molar-refractivity contribution >= 4 is 23.5 Å². The summed E-state index contributed by atoms with van der Waals surface area (Å²) >= 11 is 0. The molecule has 8 nitrogen and oxygen atoms in total. The smallest absolute Gasteiger partial charge is 0.318 e. The fraction of sp³-hybridized carbons (Fsp3) is 0.907. The van der Waals surface area contributed by atoms with Crippen molar-refractivity contribution in [3.05, 3.63) is 0 Å². The zero-order valence-corrected chi connectivity index (χ0v) is 33.1. The zero-order chi connectivity index (χ0) is 38.0. The molecule has 0 heterocycles. The van der Waals surface area contributed by atoms with E-state index in [1.165, 1.54) is 128 Å². The van der Waals surface area contributed by atoms with Crippen molar-refractivity contribution < 1.29 is 39.6 Å². The van der Waals surface area contributed by atoms with Crippen molar-refractivity contribution in [2.24, 2.45) is 11.3 Å². The molecule has 3 atom stereocenters. The number of carbonyl (C=O) groups excluding carboxylic acids is 2. The van der Waals surface area contributed by atoms with Crippen molar-refractivity contribution in [1.82, 2.24) is 0 Å². The van der Waals surface area contributed by atoms with Crippen LogP contribution < -0.4 is 0 Å². The molecule has 51 heavy (non-hydrogen) atoms. The third kappa shape index (κ3) is 24.2. The molecule has 0 radical (unpaired) electrons. The molecule has 0 aromatic heterocycles. The Morgan fingerprint density at radius 1 is 0.471 bits per heavy atom. The van der Waals surface area contributed by atoms with E-state index in [1.54, 1.807) is 0 Å². The summed E-state index contributed by atoms with van der Waals surface area (Å²) in [6.07, 6.45) is 31.5. The minimum absolute atomic E-state index is 0.133. The van der Waals surface area contributed by atoms with Gasteiger partial charge in [0.05, 0.1) is 12.7 Å². The topological polar surface area (TPSA) is 149 Å². The summed E-state index contributed by atoms with van der Waals surface area (Å²) in [7, 11) is 0. The van der Waals surface area contributed by atoms with Gasteiger partial charge in [0, 0.05) is 12.8 Å². The highest BCUT2D eigenvalue weighted by atomic mass is 16.4. The lowest BCUT2D eigenvalue weighted by molar-refractivity contribution is -0.173. The van der Waals surface area contributed by atoms with Crippen molar-refractivity contribution in [3.8, 4) is 0 Å². The van der Waals surface area contributed by atoms with E-state index in [9.17, 15) is 39.6 Å². The second-order valence-electron chi connectivity index (χ2n) is 15.4. The van der Waals surface area contributed by atoms with Crippen molar-refractivity contribution in [3.63, 3.8) is 0 Å². The predicted octanol–water partition coefficient (Wildman–Crippen LogP) is 11.2. The number of unbranched alkanes of at least 4 members (excludes halogenated alkanes) is 28. The van der Waals surface area contributed by atoms with Gasteiger partial charge in [-0.3, -0.25) is 19.2 Å². The maximum absolute atomic E-state index is 13.6. The number of aliphatic carboxylic acids is 2. The Morgan fingerprint density at radius 3 is 1.04 bits per heavy atom.